The van der Waals surface area contributed by atoms with Crippen LogP contribution in [-0.2, 0) is 21.5 Å². The highest BCUT2D eigenvalue weighted by Gasteiger charge is 2.31. The van der Waals surface area contributed by atoms with Crippen molar-refractivity contribution in [2.75, 3.05) is 33.4 Å². The molecule has 1 atom stereocenters. The van der Waals surface area contributed by atoms with Gasteiger partial charge in [0.1, 0.15) is 6.29 Å². The van der Waals surface area contributed by atoms with Crippen LogP contribution in [0.2, 0.25) is 0 Å². The largest absolute Gasteiger partial charge is 0.415 e. The lowest BCUT2D eigenvalue weighted by molar-refractivity contribution is -0.111. The molecule has 2 aromatic heterocycles. The lowest BCUT2D eigenvalue weighted by Crippen LogP contribution is -2.41. The minimum atomic E-state index is -2.85. The topological polar surface area (TPSA) is 102 Å². The quantitative estimate of drug-likeness (QED) is 0.341. The number of rotatable bonds is 9. The monoisotopic (exact) mass is 567 g/mol. The van der Waals surface area contributed by atoms with Crippen LogP contribution in [0.25, 0.3) is 11.5 Å². The molecule has 9 nitrogen and oxygen atoms in total. The Hall–Kier alpha value is -3.57. The van der Waals surface area contributed by atoms with Gasteiger partial charge < -0.3 is 18.8 Å². The number of benzene rings is 1. The third-order valence-electron chi connectivity index (χ3n) is 8.13. The first-order chi connectivity index (χ1) is 19.7. The van der Waals surface area contributed by atoms with E-state index in [2.05, 4.69) is 26.1 Å². The summed E-state index contributed by atoms with van der Waals surface area (Å²) in [4.78, 5) is 34.2. The van der Waals surface area contributed by atoms with Crippen LogP contribution < -0.4 is 0 Å². The predicted octanol–water partition coefficient (Wildman–Crippen LogP) is 4.79. The maximum atomic E-state index is 13.8. The summed E-state index contributed by atoms with van der Waals surface area (Å²) in [5.74, 6) is -0.673. The van der Waals surface area contributed by atoms with Crippen LogP contribution >= 0.6 is 0 Å². The molecule has 0 bridgehead atoms. The van der Waals surface area contributed by atoms with Gasteiger partial charge >= 0.3 is 6.43 Å². The number of pyridine rings is 1. The van der Waals surface area contributed by atoms with Crippen molar-refractivity contribution in [3.05, 3.63) is 64.8 Å². The second-order valence-corrected chi connectivity index (χ2v) is 11.4. The Labute approximate surface area is 237 Å². The van der Waals surface area contributed by atoms with Gasteiger partial charge in [-0.1, -0.05) is 12.1 Å². The highest BCUT2D eigenvalue weighted by atomic mass is 19.3. The number of likely N-dealkylation sites (tertiary alicyclic amines) is 1. The summed E-state index contributed by atoms with van der Waals surface area (Å²) < 4.78 is 36.1. The lowest BCUT2D eigenvalue weighted by Gasteiger charge is -2.36. The van der Waals surface area contributed by atoms with Crippen LogP contribution in [0.4, 0.5) is 8.78 Å². The molecule has 4 heterocycles. The van der Waals surface area contributed by atoms with Crippen molar-refractivity contribution in [1.29, 1.82) is 0 Å². The SMILES string of the molecule is CN(Cc1ccc(-c2nnc(C(F)F)o2)cn1)C(=O)c1cc(C2CCN(C3CCOC3)CC2)ccc1C(C)(C)C=O. The van der Waals surface area contributed by atoms with Crippen LogP contribution in [0.5, 0.6) is 0 Å². The predicted molar refractivity (Wildman–Crippen MR) is 147 cm³/mol. The Bertz CT molecular complexity index is 1360. The second-order valence-electron chi connectivity index (χ2n) is 11.4. The summed E-state index contributed by atoms with van der Waals surface area (Å²) in [5.41, 5.74) is 2.46. The molecule has 1 amide bonds. The van der Waals surface area contributed by atoms with E-state index in [1.807, 2.05) is 26.0 Å². The molecule has 0 N–H and O–H groups in total. The molecule has 2 fully saturated rings. The number of piperidine rings is 1. The fourth-order valence-corrected chi connectivity index (χ4v) is 5.63. The molecule has 2 saturated heterocycles. The Kier molecular flexibility index (Phi) is 8.55. The Morgan fingerprint density at radius 3 is 2.56 bits per heavy atom. The summed E-state index contributed by atoms with van der Waals surface area (Å²) in [6.07, 6.45) is 2.56. The number of carbonyl (C=O) groups excluding carboxylic acids is 2. The van der Waals surface area contributed by atoms with Crippen LogP contribution in [0.3, 0.4) is 0 Å². The van der Waals surface area contributed by atoms with Crippen LogP contribution in [-0.4, -0.2) is 76.6 Å². The fourth-order valence-electron chi connectivity index (χ4n) is 5.63. The molecule has 0 radical (unpaired) electrons. The van der Waals surface area contributed by atoms with E-state index in [9.17, 15) is 18.4 Å². The number of ether oxygens (including phenoxy) is 1. The number of hydrogen-bond acceptors (Lipinski definition) is 8. The molecule has 0 saturated carbocycles. The van der Waals surface area contributed by atoms with E-state index in [1.165, 1.54) is 6.20 Å². The van der Waals surface area contributed by atoms with Crippen LogP contribution in [0, 0.1) is 0 Å². The van der Waals surface area contributed by atoms with E-state index in [-0.39, 0.29) is 18.3 Å². The number of nitrogens with zero attached hydrogens (tertiary/aromatic N) is 5. The molecule has 2 aliphatic heterocycles. The van der Waals surface area contributed by atoms with E-state index in [4.69, 9.17) is 9.15 Å². The molecule has 2 aliphatic rings. The molecular formula is C30H35F2N5O4. The van der Waals surface area contributed by atoms with Gasteiger partial charge in [-0.15, -0.1) is 10.2 Å². The zero-order valence-corrected chi connectivity index (χ0v) is 23.6. The number of hydrogen-bond donors (Lipinski definition) is 0. The molecule has 11 heteroatoms. The van der Waals surface area contributed by atoms with Crippen LogP contribution in [0.15, 0.2) is 40.9 Å². The first-order valence-corrected chi connectivity index (χ1v) is 13.9. The van der Waals surface area contributed by atoms with Crippen molar-refractivity contribution in [3.8, 4) is 11.5 Å². The van der Waals surface area contributed by atoms with Crippen molar-refractivity contribution in [1.82, 2.24) is 25.0 Å². The van der Waals surface area contributed by atoms with Gasteiger partial charge in [-0.3, -0.25) is 14.7 Å². The van der Waals surface area contributed by atoms with Gasteiger partial charge in [0.15, 0.2) is 0 Å². The molecule has 0 aliphatic carbocycles. The zero-order chi connectivity index (χ0) is 29.1. The first kappa shape index (κ1) is 28.9. The van der Waals surface area contributed by atoms with E-state index < -0.39 is 17.7 Å². The van der Waals surface area contributed by atoms with Crippen molar-refractivity contribution in [2.45, 2.75) is 63.5 Å². The summed E-state index contributed by atoms with van der Waals surface area (Å²) in [6.45, 7) is 7.46. The number of alkyl halides is 2. The number of halogens is 2. The molecule has 5 rings (SSSR count). The molecule has 1 aromatic carbocycles. The smallest absolute Gasteiger partial charge is 0.314 e. The van der Waals surface area contributed by atoms with Gasteiger partial charge in [0.2, 0.25) is 5.89 Å². The normalized spacial score (nSPS) is 18.6. The van der Waals surface area contributed by atoms with E-state index >= 15 is 0 Å². The standard InChI is InChI=1S/C30H35F2N5O4/c1-30(2,18-38)25-7-5-20(19-8-11-37(12-9-19)23-10-13-40-17-23)14-24(25)29(39)36(3)16-22-6-4-21(15-33-22)27-34-35-28(41-27)26(31)32/h4-7,14-15,18-19,23,26H,8-13,16-17H2,1-3H3. The molecule has 41 heavy (non-hydrogen) atoms. The average molecular weight is 568 g/mol. The van der Waals surface area contributed by atoms with Crippen molar-refractivity contribution < 1.29 is 27.5 Å². The van der Waals surface area contributed by atoms with E-state index in [1.54, 1.807) is 24.1 Å². The van der Waals surface area contributed by atoms with E-state index in [0.717, 1.165) is 57.4 Å². The third-order valence-corrected chi connectivity index (χ3v) is 8.13. The van der Waals surface area contributed by atoms with Crippen molar-refractivity contribution in [3.63, 3.8) is 0 Å². The highest BCUT2D eigenvalue weighted by Crippen LogP contribution is 2.34. The number of amides is 1. The molecule has 1 unspecified atom stereocenters. The first-order valence-electron chi connectivity index (χ1n) is 13.9. The summed E-state index contributed by atoms with van der Waals surface area (Å²) in [7, 11) is 1.69. The number of aldehydes is 1. The number of carbonyl (C=O) groups is 2. The zero-order valence-electron chi connectivity index (χ0n) is 23.6. The fraction of sp³-hybridized carbons (Fsp3) is 0.500. The highest BCUT2D eigenvalue weighted by molar-refractivity contribution is 5.97. The van der Waals surface area contributed by atoms with Gasteiger partial charge in [0.05, 0.1) is 24.4 Å². The summed E-state index contributed by atoms with van der Waals surface area (Å²) in [5, 5.41) is 6.98. The molecule has 0 spiro atoms. The third kappa shape index (κ3) is 6.36. The molecular weight excluding hydrogens is 532 g/mol. The van der Waals surface area contributed by atoms with Gasteiger partial charge in [-0.2, -0.15) is 8.78 Å². The minimum Gasteiger partial charge on any atom is -0.415 e. The maximum Gasteiger partial charge on any atom is 0.314 e. The Morgan fingerprint density at radius 1 is 1.17 bits per heavy atom. The Morgan fingerprint density at radius 2 is 1.95 bits per heavy atom. The van der Waals surface area contributed by atoms with Gasteiger partial charge in [0, 0.05) is 36.9 Å². The van der Waals surface area contributed by atoms with Gasteiger partial charge in [-0.25, -0.2) is 0 Å². The second kappa shape index (κ2) is 12.1. The molecule has 218 valence electrons. The van der Waals surface area contributed by atoms with Crippen molar-refractivity contribution >= 4 is 12.2 Å². The van der Waals surface area contributed by atoms with E-state index in [0.29, 0.717) is 34.3 Å². The summed E-state index contributed by atoms with van der Waals surface area (Å²) in [6, 6.07) is 9.77. The van der Waals surface area contributed by atoms with Gasteiger partial charge in [-0.05, 0) is 81.4 Å². The lowest BCUT2D eigenvalue weighted by atomic mass is 9.80. The van der Waals surface area contributed by atoms with Gasteiger partial charge in [0.25, 0.3) is 11.8 Å². The average Bonchev–Trinajstić information content (AvgIpc) is 3.70. The maximum absolute atomic E-state index is 13.8. The molecule has 3 aromatic rings. The van der Waals surface area contributed by atoms with Crippen molar-refractivity contribution in [2.24, 2.45) is 0 Å². The summed E-state index contributed by atoms with van der Waals surface area (Å²) >= 11 is 0. The van der Waals surface area contributed by atoms with Crippen LogP contribution in [0.1, 0.15) is 78.5 Å². The minimum absolute atomic E-state index is 0.0521. The Balaban J connectivity index is 1.32. The number of aromatic nitrogens is 3.